The molecule has 4 heteroatoms. The summed E-state index contributed by atoms with van der Waals surface area (Å²) in [6.45, 7) is 6.86. The van der Waals surface area contributed by atoms with Crippen LogP contribution < -0.4 is 10.1 Å². The van der Waals surface area contributed by atoms with Crippen LogP contribution in [-0.2, 0) is 11.2 Å². The fourth-order valence-electron chi connectivity index (χ4n) is 2.37. The molecule has 0 aromatic heterocycles. The molecule has 0 aliphatic heterocycles. The summed E-state index contributed by atoms with van der Waals surface area (Å²) < 4.78 is 10.9. The van der Waals surface area contributed by atoms with Crippen LogP contribution >= 0.6 is 11.6 Å². The number of ether oxygens (including phenoxy) is 2. The average molecular weight is 314 g/mol. The highest BCUT2D eigenvalue weighted by molar-refractivity contribution is 6.30. The van der Waals surface area contributed by atoms with E-state index in [-0.39, 0.29) is 0 Å². The van der Waals surface area contributed by atoms with Crippen LogP contribution in [0.25, 0.3) is 0 Å². The Labute approximate surface area is 134 Å². The first kappa shape index (κ1) is 18.3. The van der Waals surface area contributed by atoms with Crippen molar-refractivity contribution in [2.45, 2.75) is 45.6 Å². The standard InChI is InChI=1S/C17H28ClNO2/c1-4-10-19-16(7-6-11-21-5-2)13-14-12-15(18)8-9-17(14)20-3/h8-9,12,16,19H,4-7,10-11,13H2,1-3H3. The van der Waals surface area contributed by atoms with Crippen LogP contribution in [0.2, 0.25) is 5.02 Å². The average Bonchev–Trinajstić information content (AvgIpc) is 2.49. The van der Waals surface area contributed by atoms with Crippen molar-refractivity contribution >= 4 is 11.6 Å². The van der Waals surface area contributed by atoms with Crippen molar-refractivity contribution in [3.63, 3.8) is 0 Å². The summed E-state index contributed by atoms with van der Waals surface area (Å²) >= 11 is 6.11. The van der Waals surface area contributed by atoms with Gasteiger partial charge in [-0.05, 0) is 62.9 Å². The zero-order valence-electron chi connectivity index (χ0n) is 13.5. The van der Waals surface area contributed by atoms with E-state index in [2.05, 4.69) is 12.2 Å². The molecule has 0 saturated carbocycles. The number of halogens is 1. The lowest BCUT2D eigenvalue weighted by atomic mass is 10.0. The van der Waals surface area contributed by atoms with Gasteiger partial charge < -0.3 is 14.8 Å². The Hall–Kier alpha value is -0.770. The summed E-state index contributed by atoms with van der Waals surface area (Å²) in [5.74, 6) is 0.910. The normalized spacial score (nSPS) is 12.4. The topological polar surface area (TPSA) is 30.5 Å². The summed E-state index contributed by atoms with van der Waals surface area (Å²) in [7, 11) is 1.70. The highest BCUT2D eigenvalue weighted by Crippen LogP contribution is 2.24. The summed E-state index contributed by atoms with van der Waals surface area (Å²) in [6, 6.07) is 6.24. The lowest BCUT2D eigenvalue weighted by Crippen LogP contribution is -2.32. The van der Waals surface area contributed by atoms with Crippen molar-refractivity contribution in [1.82, 2.24) is 5.32 Å². The minimum Gasteiger partial charge on any atom is -0.496 e. The first-order valence-corrected chi connectivity index (χ1v) is 8.22. The number of rotatable bonds is 11. The second kappa shape index (κ2) is 10.9. The van der Waals surface area contributed by atoms with Crippen LogP contribution in [0, 0.1) is 0 Å². The molecule has 0 spiro atoms. The van der Waals surface area contributed by atoms with Crippen molar-refractivity contribution in [1.29, 1.82) is 0 Å². The number of nitrogens with one attached hydrogen (secondary N) is 1. The lowest BCUT2D eigenvalue weighted by molar-refractivity contribution is 0.140. The quantitative estimate of drug-likeness (QED) is 0.625. The Morgan fingerprint density at radius 3 is 2.76 bits per heavy atom. The largest absolute Gasteiger partial charge is 0.496 e. The molecular formula is C17H28ClNO2. The van der Waals surface area contributed by atoms with Gasteiger partial charge in [-0.15, -0.1) is 0 Å². The summed E-state index contributed by atoms with van der Waals surface area (Å²) in [5.41, 5.74) is 1.16. The Kier molecular flexibility index (Phi) is 9.48. The maximum atomic E-state index is 6.11. The second-order valence-electron chi connectivity index (χ2n) is 5.15. The lowest BCUT2D eigenvalue weighted by Gasteiger charge is -2.20. The summed E-state index contributed by atoms with van der Waals surface area (Å²) in [6.07, 6.45) is 4.22. The highest BCUT2D eigenvalue weighted by Gasteiger charge is 2.12. The van der Waals surface area contributed by atoms with E-state index < -0.39 is 0 Å². The molecule has 0 saturated heterocycles. The van der Waals surface area contributed by atoms with Gasteiger partial charge in [-0.1, -0.05) is 18.5 Å². The van der Waals surface area contributed by atoms with E-state index in [1.165, 1.54) is 0 Å². The molecule has 0 bridgehead atoms. The summed E-state index contributed by atoms with van der Waals surface area (Å²) in [5, 5.41) is 4.37. The van der Waals surface area contributed by atoms with Crippen LogP contribution in [-0.4, -0.2) is 32.9 Å². The van der Waals surface area contributed by atoms with Gasteiger partial charge in [0.25, 0.3) is 0 Å². The molecule has 0 fully saturated rings. The third-order valence-corrected chi connectivity index (χ3v) is 3.67. The Morgan fingerprint density at radius 1 is 1.29 bits per heavy atom. The van der Waals surface area contributed by atoms with Gasteiger partial charge in [0.2, 0.25) is 0 Å². The van der Waals surface area contributed by atoms with E-state index in [1.807, 2.05) is 25.1 Å². The molecule has 0 amide bonds. The molecule has 3 nitrogen and oxygen atoms in total. The van der Waals surface area contributed by atoms with Crippen molar-refractivity contribution < 1.29 is 9.47 Å². The number of benzene rings is 1. The third kappa shape index (κ3) is 7.16. The second-order valence-corrected chi connectivity index (χ2v) is 5.59. The predicted molar refractivity (Wildman–Crippen MR) is 89.5 cm³/mol. The smallest absolute Gasteiger partial charge is 0.122 e. The molecule has 1 aromatic rings. The zero-order valence-corrected chi connectivity index (χ0v) is 14.2. The minimum absolute atomic E-state index is 0.428. The Balaban J connectivity index is 2.63. The Bertz CT molecular complexity index is 398. The van der Waals surface area contributed by atoms with Crippen molar-refractivity contribution in [2.24, 2.45) is 0 Å². The SMILES string of the molecule is CCCNC(CCCOCC)Cc1cc(Cl)ccc1OC. The van der Waals surface area contributed by atoms with Crippen LogP contribution in [0.3, 0.4) is 0 Å². The number of hydrogen-bond donors (Lipinski definition) is 1. The number of methoxy groups -OCH3 is 1. The molecule has 1 rings (SSSR count). The van der Waals surface area contributed by atoms with Gasteiger partial charge in [0.05, 0.1) is 7.11 Å². The molecule has 0 heterocycles. The molecule has 1 N–H and O–H groups in total. The molecule has 1 unspecified atom stereocenters. The first-order chi connectivity index (χ1) is 10.2. The van der Waals surface area contributed by atoms with E-state index >= 15 is 0 Å². The maximum absolute atomic E-state index is 6.11. The van der Waals surface area contributed by atoms with E-state index in [9.17, 15) is 0 Å². The van der Waals surface area contributed by atoms with Crippen molar-refractivity contribution in [3.8, 4) is 5.75 Å². The first-order valence-electron chi connectivity index (χ1n) is 7.84. The maximum Gasteiger partial charge on any atom is 0.122 e. The molecule has 21 heavy (non-hydrogen) atoms. The van der Waals surface area contributed by atoms with Gasteiger partial charge in [0.1, 0.15) is 5.75 Å². The monoisotopic (exact) mass is 313 g/mol. The van der Waals surface area contributed by atoms with E-state index in [1.54, 1.807) is 7.11 Å². The van der Waals surface area contributed by atoms with Gasteiger partial charge in [-0.3, -0.25) is 0 Å². The molecular weight excluding hydrogens is 286 g/mol. The van der Waals surface area contributed by atoms with Crippen LogP contribution in [0.5, 0.6) is 5.75 Å². The molecule has 120 valence electrons. The molecule has 0 aliphatic rings. The summed E-state index contributed by atoms with van der Waals surface area (Å²) in [4.78, 5) is 0. The fourth-order valence-corrected chi connectivity index (χ4v) is 2.57. The van der Waals surface area contributed by atoms with Crippen molar-refractivity contribution in [2.75, 3.05) is 26.9 Å². The van der Waals surface area contributed by atoms with Gasteiger partial charge >= 0.3 is 0 Å². The molecule has 1 atom stereocenters. The molecule has 1 aromatic carbocycles. The molecule has 0 aliphatic carbocycles. The minimum atomic E-state index is 0.428. The van der Waals surface area contributed by atoms with Crippen molar-refractivity contribution in [3.05, 3.63) is 28.8 Å². The zero-order chi connectivity index (χ0) is 15.5. The third-order valence-electron chi connectivity index (χ3n) is 3.44. The molecule has 0 radical (unpaired) electrons. The fraction of sp³-hybridized carbons (Fsp3) is 0.647. The van der Waals surface area contributed by atoms with E-state index in [4.69, 9.17) is 21.1 Å². The van der Waals surface area contributed by atoms with E-state index in [0.717, 1.165) is 61.8 Å². The van der Waals surface area contributed by atoms with Crippen LogP contribution in [0.15, 0.2) is 18.2 Å². The predicted octanol–water partition coefficient (Wildman–Crippen LogP) is 4.08. The van der Waals surface area contributed by atoms with Crippen LogP contribution in [0.1, 0.15) is 38.7 Å². The van der Waals surface area contributed by atoms with Gasteiger partial charge in [-0.25, -0.2) is 0 Å². The van der Waals surface area contributed by atoms with Crippen LogP contribution in [0.4, 0.5) is 0 Å². The number of hydrogen-bond acceptors (Lipinski definition) is 3. The van der Waals surface area contributed by atoms with E-state index in [0.29, 0.717) is 6.04 Å². The Morgan fingerprint density at radius 2 is 2.10 bits per heavy atom. The van der Waals surface area contributed by atoms with Gasteiger partial charge in [-0.2, -0.15) is 0 Å². The van der Waals surface area contributed by atoms with Gasteiger partial charge in [0, 0.05) is 24.3 Å². The van der Waals surface area contributed by atoms with Gasteiger partial charge in [0.15, 0.2) is 0 Å². The highest BCUT2D eigenvalue weighted by atomic mass is 35.5.